The summed E-state index contributed by atoms with van der Waals surface area (Å²) in [4.78, 5) is 7.68. The Morgan fingerprint density at radius 2 is 1.77 bits per heavy atom. The molecule has 5 rings (SSSR count). The number of rotatable bonds is 2. The minimum absolute atomic E-state index is 0.815. The highest BCUT2D eigenvalue weighted by molar-refractivity contribution is 7.99. The Bertz CT molecular complexity index is 1120. The van der Waals surface area contributed by atoms with E-state index in [0.29, 0.717) is 0 Å². The molecular formula is C22H16N2OS. The van der Waals surface area contributed by atoms with Crippen molar-refractivity contribution in [3.63, 3.8) is 0 Å². The van der Waals surface area contributed by atoms with Crippen LogP contribution in [-0.2, 0) is 0 Å². The van der Waals surface area contributed by atoms with E-state index in [2.05, 4.69) is 77.6 Å². The molecule has 0 spiro atoms. The Morgan fingerprint density at radius 3 is 2.73 bits per heavy atom. The van der Waals surface area contributed by atoms with Crippen molar-refractivity contribution < 1.29 is 4.74 Å². The van der Waals surface area contributed by atoms with E-state index in [4.69, 9.17) is 4.74 Å². The first-order valence-electron chi connectivity index (χ1n) is 8.46. The van der Waals surface area contributed by atoms with Gasteiger partial charge >= 0.3 is 0 Å². The normalized spacial score (nSPS) is 12.2. The molecule has 126 valence electrons. The van der Waals surface area contributed by atoms with Crippen LogP contribution in [-0.4, -0.2) is 12.0 Å². The van der Waals surface area contributed by atoms with Crippen LogP contribution in [0.2, 0.25) is 0 Å². The second-order valence-corrected chi connectivity index (χ2v) is 7.23. The standard InChI is InChI=1S/C22H16N2OS/c1-24(18-9-4-7-15-6-2-3-8-17(15)18)16-11-12-21-20(14-16)25-19-10-5-13-23-22(19)26-21/h2-14H,1H3. The van der Waals surface area contributed by atoms with E-state index >= 15 is 0 Å². The Hall–Kier alpha value is -2.98. The quantitative estimate of drug-likeness (QED) is 0.373. The second kappa shape index (κ2) is 6.07. The maximum Gasteiger partial charge on any atom is 0.160 e. The van der Waals surface area contributed by atoms with Gasteiger partial charge in [0.05, 0.1) is 4.90 Å². The summed E-state index contributed by atoms with van der Waals surface area (Å²) in [6.45, 7) is 0. The molecule has 3 nitrogen and oxygen atoms in total. The van der Waals surface area contributed by atoms with Crippen molar-refractivity contribution in [2.75, 3.05) is 11.9 Å². The summed E-state index contributed by atoms with van der Waals surface area (Å²) < 4.78 is 6.08. The molecule has 1 aliphatic rings. The number of hydrogen-bond acceptors (Lipinski definition) is 4. The molecule has 0 saturated heterocycles. The van der Waals surface area contributed by atoms with Gasteiger partial charge in [0.15, 0.2) is 5.75 Å². The second-order valence-electron chi connectivity index (χ2n) is 6.20. The monoisotopic (exact) mass is 356 g/mol. The van der Waals surface area contributed by atoms with Crippen LogP contribution < -0.4 is 9.64 Å². The zero-order valence-corrected chi connectivity index (χ0v) is 15.0. The highest BCUT2D eigenvalue weighted by Crippen LogP contribution is 2.47. The SMILES string of the molecule is CN(c1ccc2c(c1)Oc1cccnc1S2)c1cccc2ccccc12. The lowest BCUT2D eigenvalue weighted by atomic mass is 10.1. The molecule has 0 saturated carbocycles. The molecular weight excluding hydrogens is 340 g/mol. The van der Waals surface area contributed by atoms with E-state index in [1.807, 2.05) is 12.1 Å². The van der Waals surface area contributed by atoms with Gasteiger partial charge < -0.3 is 9.64 Å². The fourth-order valence-electron chi connectivity index (χ4n) is 3.26. The van der Waals surface area contributed by atoms with Gasteiger partial charge in [0.25, 0.3) is 0 Å². The topological polar surface area (TPSA) is 25.4 Å². The molecule has 26 heavy (non-hydrogen) atoms. The van der Waals surface area contributed by atoms with Gasteiger partial charge in [0.2, 0.25) is 0 Å². The summed E-state index contributed by atoms with van der Waals surface area (Å²) in [7, 11) is 2.09. The van der Waals surface area contributed by atoms with E-state index in [1.54, 1.807) is 18.0 Å². The molecule has 0 unspecified atom stereocenters. The van der Waals surface area contributed by atoms with Crippen LogP contribution in [0.15, 0.2) is 88.9 Å². The smallest absolute Gasteiger partial charge is 0.160 e. The number of nitrogens with zero attached hydrogens (tertiary/aromatic N) is 2. The molecule has 0 fully saturated rings. The van der Waals surface area contributed by atoms with Gasteiger partial charge in [-0.3, -0.25) is 0 Å². The minimum atomic E-state index is 0.815. The summed E-state index contributed by atoms with van der Waals surface area (Å²) in [5.74, 6) is 1.69. The maximum atomic E-state index is 6.08. The van der Waals surface area contributed by atoms with Crippen molar-refractivity contribution in [3.05, 3.63) is 79.0 Å². The third-order valence-electron chi connectivity index (χ3n) is 4.61. The number of ether oxygens (including phenoxy) is 1. The van der Waals surface area contributed by atoms with Gasteiger partial charge in [0.1, 0.15) is 10.8 Å². The average molecular weight is 356 g/mol. The van der Waals surface area contributed by atoms with Crippen LogP contribution in [0.1, 0.15) is 0 Å². The lowest BCUT2D eigenvalue weighted by Crippen LogP contribution is -2.10. The number of anilines is 2. The van der Waals surface area contributed by atoms with Gasteiger partial charge in [-0.05, 0) is 35.7 Å². The van der Waals surface area contributed by atoms with E-state index in [-0.39, 0.29) is 0 Å². The number of pyridine rings is 1. The molecule has 2 heterocycles. The highest BCUT2D eigenvalue weighted by atomic mass is 32.2. The van der Waals surface area contributed by atoms with Crippen LogP contribution in [0, 0.1) is 0 Å². The Kier molecular flexibility index (Phi) is 3.57. The minimum Gasteiger partial charge on any atom is -0.453 e. The molecule has 0 amide bonds. The van der Waals surface area contributed by atoms with Crippen LogP contribution in [0.25, 0.3) is 10.8 Å². The first-order valence-corrected chi connectivity index (χ1v) is 9.27. The van der Waals surface area contributed by atoms with E-state index in [0.717, 1.165) is 27.1 Å². The first kappa shape index (κ1) is 15.3. The average Bonchev–Trinajstić information content (AvgIpc) is 2.71. The molecule has 0 bridgehead atoms. The molecule has 0 aliphatic carbocycles. The molecule has 1 aromatic heterocycles. The predicted octanol–water partition coefficient (Wildman–Crippen LogP) is 6.26. The predicted molar refractivity (Wildman–Crippen MR) is 107 cm³/mol. The van der Waals surface area contributed by atoms with Crippen molar-refractivity contribution in [3.8, 4) is 11.5 Å². The van der Waals surface area contributed by atoms with Crippen molar-refractivity contribution in [1.29, 1.82) is 0 Å². The first-order chi connectivity index (χ1) is 12.8. The van der Waals surface area contributed by atoms with Crippen molar-refractivity contribution in [2.24, 2.45) is 0 Å². The van der Waals surface area contributed by atoms with Crippen LogP contribution in [0.4, 0.5) is 11.4 Å². The Labute approximate surface area is 156 Å². The van der Waals surface area contributed by atoms with Crippen molar-refractivity contribution in [2.45, 2.75) is 9.92 Å². The van der Waals surface area contributed by atoms with Crippen molar-refractivity contribution in [1.82, 2.24) is 4.98 Å². The summed E-state index contributed by atoms with van der Waals surface area (Å²) in [5.41, 5.74) is 2.27. The Morgan fingerprint density at radius 1 is 0.885 bits per heavy atom. The van der Waals surface area contributed by atoms with Gasteiger partial charge in [-0.25, -0.2) is 4.98 Å². The molecule has 1 aliphatic heterocycles. The summed E-state index contributed by atoms with van der Waals surface area (Å²) in [5, 5.41) is 3.39. The number of hydrogen-bond donors (Lipinski definition) is 0. The number of aromatic nitrogens is 1. The third-order valence-corrected chi connectivity index (χ3v) is 5.66. The van der Waals surface area contributed by atoms with Gasteiger partial charge in [-0.1, -0.05) is 48.2 Å². The number of benzene rings is 3. The molecule has 0 radical (unpaired) electrons. The van der Waals surface area contributed by atoms with Crippen LogP contribution >= 0.6 is 11.8 Å². The molecule has 3 aromatic carbocycles. The molecule has 0 N–H and O–H groups in total. The van der Waals surface area contributed by atoms with E-state index in [9.17, 15) is 0 Å². The van der Waals surface area contributed by atoms with Gasteiger partial charge in [0, 0.05) is 36.1 Å². The van der Waals surface area contributed by atoms with E-state index < -0.39 is 0 Å². The third kappa shape index (κ3) is 2.50. The zero-order valence-electron chi connectivity index (χ0n) is 14.2. The van der Waals surface area contributed by atoms with Gasteiger partial charge in [-0.2, -0.15) is 0 Å². The van der Waals surface area contributed by atoms with E-state index in [1.165, 1.54) is 16.5 Å². The number of fused-ring (bicyclic) bond motifs is 3. The fraction of sp³-hybridized carbons (Fsp3) is 0.0455. The molecule has 4 heteroatoms. The summed E-state index contributed by atoms with van der Waals surface area (Å²) >= 11 is 1.65. The van der Waals surface area contributed by atoms with Crippen LogP contribution in [0.3, 0.4) is 0 Å². The zero-order chi connectivity index (χ0) is 17.5. The van der Waals surface area contributed by atoms with Crippen LogP contribution in [0.5, 0.6) is 11.5 Å². The lowest BCUT2D eigenvalue weighted by Gasteiger charge is -2.24. The maximum absolute atomic E-state index is 6.08. The molecule has 4 aromatic rings. The highest BCUT2D eigenvalue weighted by Gasteiger charge is 2.20. The molecule has 0 atom stereocenters. The summed E-state index contributed by atoms with van der Waals surface area (Å²) in [6, 6.07) is 25.0. The van der Waals surface area contributed by atoms with Crippen molar-refractivity contribution >= 4 is 33.9 Å². The fourth-order valence-corrected chi connectivity index (χ4v) is 4.13. The van der Waals surface area contributed by atoms with Gasteiger partial charge in [-0.15, -0.1) is 0 Å². The summed E-state index contributed by atoms with van der Waals surface area (Å²) in [6.07, 6.45) is 1.79. The largest absolute Gasteiger partial charge is 0.453 e. The lowest BCUT2D eigenvalue weighted by molar-refractivity contribution is 0.449. The Balaban J connectivity index is 1.55.